The molecule has 1 aromatic carbocycles. The number of carbonyl (C=O) groups is 2. The highest BCUT2D eigenvalue weighted by molar-refractivity contribution is 8.01. The number of benzene rings is 1. The van der Waals surface area contributed by atoms with Crippen molar-refractivity contribution in [2.75, 3.05) is 36.9 Å². The predicted molar refractivity (Wildman–Crippen MR) is 134 cm³/mol. The summed E-state index contributed by atoms with van der Waals surface area (Å²) >= 11 is 1.58. The van der Waals surface area contributed by atoms with Gasteiger partial charge in [0.1, 0.15) is 17.6 Å². The van der Waals surface area contributed by atoms with Gasteiger partial charge in [-0.1, -0.05) is 33.4 Å². The Bertz CT molecular complexity index is 981. The number of thioether (sulfide) groups is 1. The third-order valence-corrected chi connectivity index (χ3v) is 7.08. The maximum absolute atomic E-state index is 13.1. The SMILES string of the molecule is C=C=C1COC([C@@H](CN)C2SC(CNc3cccc(NC(=O)C(C)(C)C)c3)C(=O)N2CC)=N1. The Morgan fingerprint density at radius 2 is 2.15 bits per heavy atom. The summed E-state index contributed by atoms with van der Waals surface area (Å²) in [5.41, 5.74) is 10.5. The predicted octanol–water partition coefficient (Wildman–Crippen LogP) is 3.05. The van der Waals surface area contributed by atoms with E-state index in [0.717, 1.165) is 5.69 Å². The first-order valence-corrected chi connectivity index (χ1v) is 12.0. The average Bonchev–Trinajstić information content (AvgIpc) is 3.37. The lowest BCUT2D eigenvalue weighted by Gasteiger charge is -2.28. The minimum absolute atomic E-state index is 0.0538. The van der Waals surface area contributed by atoms with E-state index in [-0.39, 0.29) is 28.4 Å². The summed E-state index contributed by atoms with van der Waals surface area (Å²) in [7, 11) is 0. The second-order valence-corrected chi connectivity index (χ2v) is 10.3. The van der Waals surface area contributed by atoms with Crippen LogP contribution in [0, 0.1) is 11.3 Å². The first-order chi connectivity index (χ1) is 15.7. The summed E-state index contributed by atoms with van der Waals surface area (Å²) in [6.45, 7) is 12.9. The molecule has 0 saturated carbocycles. The number of ether oxygens (including phenoxy) is 1. The van der Waals surface area contributed by atoms with Gasteiger partial charge in [0.15, 0.2) is 5.90 Å². The molecule has 1 fully saturated rings. The largest absolute Gasteiger partial charge is 0.473 e. The first kappa shape index (κ1) is 24.9. The van der Waals surface area contributed by atoms with E-state index in [9.17, 15) is 9.59 Å². The summed E-state index contributed by atoms with van der Waals surface area (Å²) in [4.78, 5) is 31.7. The lowest BCUT2D eigenvalue weighted by atomic mass is 9.95. The van der Waals surface area contributed by atoms with Crippen LogP contribution in [0.1, 0.15) is 27.7 Å². The Morgan fingerprint density at radius 3 is 2.76 bits per heavy atom. The monoisotopic (exact) mass is 471 g/mol. The molecule has 4 N–H and O–H groups in total. The molecule has 2 unspecified atom stereocenters. The molecular formula is C24H33N5O3S. The molecule has 0 radical (unpaired) electrons. The van der Waals surface area contributed by atoms with Gasteiger partial charge in [-0.15, -0.1) is 17.5 Å². The van der Waals surface area contributed by atoms with E-state index >= 15 is 0 Å². The highest BCUT2D eigenvalue weighted by Crippen LogP contribution is 2.37. The Morgan fingerprint density at radius 1 is 1.42 bits per heavy atom. The molecule has 178 valence electrons. The lowest BCUT2D eigenvalue weighted by molar-refractivity contribution is -0.130. The number of hydrogen-bond acceptors (Lipinski definition) is 7. The van der Waals surface area contributed by atoms with Crippen molar-refractivity contribution in [1.82, 2.24) is 4.90 Å². The number of aliphatic imine (C=N–C) groups is 1. The topological polar surface area (TPSA) is 109 Å². The van der Waals surface area contributed by atoms with Crippen LogP contribution in [0.25, 0.3) is 0 Å². The summed E-state index contributed by atoms with van der Waals surface area (Å²) in [6.07, 6.45) is 0. The zero-order chi connectivity index (χ0) is 24.2. The molecule has 2 heterocycles. The Balaban J connectivity index is 1.67. The Labute approximate surface area is 199 Å². The number of amides is 2. The molecule has 0 aromatic heterocycles. The highest BCUT2D eigenvalue weighted by atomic mass is 32.2. The number of nitrogens with one attached hydrogen (secondary N) is 2. The van der Waals surface area contributed by atoms with Crippen LogP contribution in [0.4, 0.5) is 11.4 Å². The van der Waals surface area contributed by atoms with Crippen molar-refractivity contribution in [3.63, 3.8) is 0 Å². The standard InChI is InChI=1S/C24H33N5O3S/c1-6-15-14-32-20(27-15)18(12-25)22-29(7-2)21(30)19(33-22)13-26-16-9-8-10-17(11-16)28-23(31)24(3,4)5/h8-11,18-19,22,26H,1,7,12-14,25H2,2-5H3,(H,28,31)/t18-,19?,22?/m1/s1. The molecule has 33 heavy (non-hydrogen) atoms. The zero-order valence-electron chi connectivity index (χ0n) is 19.7. The fourth-order valence-electron chi connectivity index (χ4n) is 3.59. The van der Waals surface area contributed by atoms with Crippen molar-refractivity contribution in [2.24, 2.45) is 22.1 Å². The molecule has 3 atom stereocenters. The summed E-state index contributed by atoms with van der Waals surface area (Å²) < 4.78 is 5.71. The minimum atomic E-state index is -0.482. The van der Waals surface area contributed by atoms with E-state index in [0.29, 0.717) is 43.5 Å². The molecule has 3 rings (SSSR count). The van der Waals surface area contributed by atoms with Gasteiger partial charge in [-0.2, -0.15) is 0 Å². The minimum Gasteiger partial charge on any atom is -0.473 e. The van der Waals surface area contributed by atoms with Crippen LogP contribution in [0.15, 0.2) is 47.3 Å². The van der Waals surface area contributed by atoms with E-state index in [4.69, 9.17) is 10.5 Å². The number of anilines is 2. The maximum Gasteiger partial charge on any atom is 0.238 e. The molecule has 0 spiro atoms. The number of rotatable bonds is 8. The van der Waals surface area contributed by atoms with E-state index in [1.807, 2.05) is 56.9 Å². The smallest absolute Gasteiger partial charge is 0.238 e. The second kappa shape index (κ2) is 10.5. The van der Waals surface area contributed by atoms with Crippen molar-refractivity contribution in [3.8, 4) is 0 Å². The van der Waals surface area contributed by atoms with Crippen molar-refractivity contribution >= 4 is 40.8 Å². The van der Waals surface area contributed by atoms with Crippen molar-refractivity contribution in [3.05, 3.63) is 42.3 Å². The van der Waals surface area contributed by atoms with Gasteiger partial charge in [0, 0.05) is 36.4 Å². The van der Waals surface area contributed by atoms with Crippen LogP contribution in [0.3, 0.4) is 0 Å². The molecule has 2 aliphatic heterocycles. The molecular weight excluding hydrogens is 438 g/mol. The van der Waals surface area contributed by atoms with Gasteiger partial charge in [-0.25, -0.2) is 4.99 Å². The van der Waals surface area contributed by atoms with Crippen LogP contribution in [0.5, 0.6) is 0 Å². The third kappa shape index (κ3) is 5.79. The van der Waals surface area contributed by atoms with Crippen LogP contribution in [0.2, 0.25) is 0 Å². The summed E-state index contributed by atoms with van der Waals surface area (Å²) in [6, 6.07) is 7.50. The molecule has 0 aliphatic carbocycles. The van der Waals surface area contributed by atoms with Gasteiger partial charge in [0.05, 0.1) is 11.3 Å². The van der Waals surface area contributed by atoms with Crippen molar-refractivity contribution in [2.45, 2.75) is 38.3 Å². The number of carbonyl (C=O) groups excluding carboxylic acids is 2. The van der Waals surface area contributed by atoms with Gasteiger partial charge >= 0.3 is 0 Å². The first-order valence-electron chi connectivity index (χ1n) is 11.1. The second-order valence-electron chi connectivity index (χ2n) is 9.01. The van der Waals surface area contributed by atoms with Crippen LogP contribution in [-0.4, -0.2) is 59.5 Å². The fourth-order valence-corrected chi connectivity index (χ4v) is 5.17. The van der Waals surface area contributed by atoms with Crippen LogP contribution < -0.4 is 16.4 Å². The average molecular weight is 472 g/mol. The van der Waals surface area contributed by atoms with E-state index < -0.39 is 5.41 Å². The van der Waals surface area contributed by atoms with E-state index in [1.54, 1.807) is 11.8 Å². The molecule has 9 heteroatoms. The quantitative estimate of drug-likeness (QED) is 0.503. The van der Waals surface area contributed by atoms with Crippen LogP contribution >= 0.6 is 11.8 Å². The van der Waals surface area contributed by atoms with E-state index in [1.165, 1.54) is 0 Å². The maximum atomic E-state index is 13.1. The fraction of sp³-hybridized carbons (Fsp3) is 0.500. The van der Waals surface area contributed by atoms with Crippen molar-refractivity contribution < 1.29 is 14.3 Å². The van der Waals surface area contributed by atoms with Gasteiger partial charge in [0.25, 0.3) is 0 Å². The Kier molecular flexibility index (Phi) is 7.89. The molecule has 8 nitrogen and oxygen atoms in total. The zero-order valence-corrected chi connectivity index (χ0v) is 20.5. The number of nitrogens with two attached hydrogens (primary N) is 1. The molecule has 0 bridgehead atoms. The third-order valence-electron chi connectivity index (χ3n) is 5.52. The summed E-state index contributed by atoms with van der Waals surface area (Å²) in [5.74, 6) is 0.352. The Hall–Kier alpha value is -2.74. The lowest BCUT2D eigenvalue weighted by Crippen LogP contribution is -2.44. The van der Waals surface area contributed by atoms with Gasteiger partial charge in [-0.05, 0) is 25.1 Å². The van der Waals surface area contributed by atoms with Crippen LogP contribution in [-0.2, 0) is 14.3 Å². The van der Waals surface area contributed by atoms with Crippen molar-refractivity contribution in [1.29, 1.82) is 0 Å². The molecule has 2 amide bonds. The van der Waals surface area contributed by atoms with Gasteiger partial charge in [0.2, 0.25) is 11.8 Å². The highest BCUT2D eigenvalue weighted by Gasteiger charge is 2.45. The van der Waals surface area contributed by atoms with Gasteiger partial charge < -0.3 is 26.0 Å². The van der Waals surface area contributed by atoms with Gasteiger partial charge in [-0.3, -0.25) is 9.59 Å². The normalized spacial score (nSPS) is 21.4. The molecule has 2 aliphatic rings. The van der Waals surface area contributed by atoms with E-state index in [2.05, 4.69) is 27.9 Å². The molecule has 1 aromatic rings. The number of hydrogen-bond donors (Lipinski definition) is 3. The molecule has 1 saturated heterocycles. The number of nitrogens with zero attached hydrogens (tertiary/aromatic N) is 2. The summed E-state index contributed by atoms with van der Waals surface area (Å²) in [5, 5.41) is 5.85.